The second-order valence-electron chi connectivity index (χ2n) is 7.93. The third kappa shape index (κ3) is 5.55. The van der Waals surface area contributed by atoms with Gasteiger partial charge in [-0.15, -0.1) is 0 Å². The van der Waals surface area contributed by atoms with Gasteiger partial charge in [0, 0.05) is 31.9 Å². The molecule has 1 unspecified atom stereocenters. The molecule has 11 heteroatoms. The Balaban J connectivity index is 1.58. The highest BCUT2D eigenvalue weighted by Crippen LogP contribution is 2.24. The zero-order valence-electron chi connectivity index (χ0n) is 18.6. The summed E-state index contributed by atoms with van der Waals surface area (Å²) >= 11 is 0. The van der Waals surface area contributed by atoms with E-state index in [1.54, 1.807) is 17.9 Å². The molecule has 1 atom stereocenters. The van der Waals surface area contributed by atoms with E-state index in [1.165, 1.54) is 0 Å². The van der Waals surface area contributed by atoms with Crippen LogP contribution < -0.4 is 10.6 Å². The summed E-state index contributed by atoms with van der Waals surface area (Å²) in [5.41, 5.74) is 2.48. The number of urea groups is 1. The lowest BCUT2D eigenvalue weighted by atomic mass is 10.1. The smallest absolute Gasteiger partial charge is 0.307 e. The number of sulfonamides is 1. The summed E-state index contributed by atoms with van der Waals surface area (Å²) in [6.07, 6.45) is 0. The van der Waals surface area contributed by atoms with Crippen LogP contribution in [0.1, 0.15) is 18.1 Å². The van der Waals surface area contributed by atoms with Crippen LogP contribution in [0.25, 0.3) is 0 Å². The van der Waals surface area contributed by atoms with E-state index in [9.17, 15) is 26.8 Å². The normalized spacial score (nSPS) is 16.3. The van der Waals surface area contributed by atoms with Gasteiger partial charge < -0.3 is 5.32 Å². The number of halogens is 2. The van der Waals surface area contributed by atoms with E-state index in [2.05, 4.69) is 10.6 Å². The minimum atomic E-state index is -4.36. The maximum absolute atomic E-state index is 14.0. The number of hydrogen-bond acceptors (Lipinski definition) is 5. The van der Waals surface area contributed by atoms with Crippen LogP contribution >= 0.6 is 0 Å². The first-order chi connectivity index (χ1) is 15.5. The first kappa shape index (κ1) is 24.7. The van der Waals surface area contributed by atoms with E-state index in [1.807, 2.05) is 26.0 Å². The van der Waals surface area contributed by atoms with Crippen molar-refractivity contribution in [3.63, 3.8) is 0 Å². The molecule has 3 amide bonds. The van der Waals surface area contributed by atoms with Crippen LogP contribution in [0.15, 0.2) is 41.3 Å². The fourth-order valence-electron chi connectivity index (χ4n) is 3.68. The summed E-state index contributed by atoms with van der Waals surface area (Å²) in [4.78, 5) is 25.5. The number of carbonyl (C=O) groups is 2. The summed E-state index contributed by atoms with van der Waals surface area (Å²) in [5, 5.41) is 4.92. The molecule has 1 saturated heterocycles. The van der Waals surface area contributed by atoms with Crippen molar-refractivity contribution in [1.29, 1.82) is 0 Å². The van der Waals surface area contributed by atoms with Gasteiger partial charge in [-0.25, -0.2) is 22.0 Å². The lowest BCUT2D eigenvalue weighted by Gasteiger charge is -2.36. The standard InChI is InChI=1S/C22H26F2N4O4S/c1-14-7-8-19(15(2)13-14)25-22(30)26-21(29)16(3)27-9-11-28(12-10-27)33(31,32)20-17(23)5-4-6-18(20)24/h4-8,13,16H,9-12H2,1-3H3,(H2,25,26,29,30). The largest absolute Gasteiger partial charge is 0.325 e. The van der Waals surface area contributed by atoms with Crippen molar-refractivity contribution < 1.29 is 26.8 Å². The third-order valence-corrected chi connectivity index (χ3v) is 7.53. The van der Waals surface area contributed by atoms with E-state index in [0.29, 0.717) is 5.69 Å². The molecule has 0 spiro atoms. The lowest BCUT2D eigenvalue weighted by molar-refractivity contribution is -0.125. The molecular formula is C22H26F2N4O4S. The predicted octanol–water partition coefficient (Wildman–Crippen LogP) is 2.62. The Morgan fingerprint density at radius 3 is 2.18 bits per heavy atom. The maximum Gasteiger partial charge on any atom is 0.325 e. The van der Waals surface area contributed by atoms with Gasteiger partial charge in [0.2, 0.25) is 15.9 Å². The second kappa shape index (κ2) is 9.94. The average Bonchev–Trinajstić information content (AvgIpc) is 2.75. The number of nitrogens with zero attached hydrogens (tertiary/aromatic N) is 2. The highest BCUT2D eigenvalue weighted by atomic mass is 32.2. The quantitative estimate of drug-likeness (QED) is 0.686. The molecule has 2 aromatic carbocycles. The Morgan fingerprint density at radius 1 is 1.00 bits per heavy atom. The fraction of sp³-hybridized carbons (Fsp3) is 0.364. The number of imide groups is 1. The molecule has 0 aliphatic carbocycles. The topological polar surface area (TPSA) is 98.8 Å². The Morgan fingerprint density at radius 2 is 1.61 bits per heavy atom. The summed E-state index contributed by atoms with van der Waals surface area (Å²) in [7, 11) is -4.36. The highest BCUT2D eigenvalue weighted by Gasteiger charge is 2.35. The van der Waals surface area contributed by atoms with Crippen LogP contribution in [0.4, 0.5) is 19.3 Å². The second-order valence-corrected chi connectivity index (χ2v) is 9.80. The van der Waals surface area contributed by atoms with Crippen molar-refractivity contribution in [3.8, 4) is 0 Å². The molecule has 1 fully saturated rings. The monoisotopic (exact) mass is 480 g/mol. The fourth-order valence-corrected chi connectivity index (χ4v) is 5.21. The van der Waals surface area contributed by atoms with Gasteiger partial charge >= 0.3 is 6.03 Å². The number of benzene rings is 2. The average molecular weight is 481 g/mol. The number of amides is 3. The predicted molar refractivity (Wildman–Crippen MR) is 119 cm³/mol. The van der Waals surface area contributed by atoms with Crippen molar-refractivity contribution in [2.45, 2.75) is 31.7 Å². The van der Waals surface area contributed by atoms with Crippen LogP contribution in [-0.4, -0.2) is 61.8 Å². The zero-order valence-corrected chi connectivity index (χ0v) is 19.4. The minimum absolute atomic E-state index is 0.0531. The molecule has 0 saturated carbocycles. The molecule has 0 radical (unpaired) electrons. The zero-order chi connectivity index (χ0) is 24.3. The molecule has 0 bridgehead atoms. The lowest BCUT2D eigenvalue weighted by Crippen LogP contribution is -2.55. The van der Waals surface area contributed by atoms with Gasteiger partial charge in [0.15, 0.2) is 4.90 Å². The van der Waals surface area contributed by atoms with Crippen LogP contribution in [0.3, 0.4) is 0 Å². The Bertz CT molecular complexity index is 1140. The van der Waals surface area contributed by atoms with Crippen LogP contribution in [0.2, 0.25) is 0 Å². The van der Waals surface area contributed by atoms with E-state index in [4.69, 9.17) is 0 Å². The molecule has 33 heavy (non-hydrogen) atoms. The Labute approximate surface area is 191 Å². The van der Waals surface area contributed by atoms with E-state index in [-0.39, 0.29) is 26.2 Å². The molecule has 3 rings (SSSR count). The summed E-state index contributed by atoms with van der Waals surface area (Å²) in [5.74, 6) is -2.85. The number of hydrogen-bond donors (Lipinski definition) is 2. The number of rotatable bonds is 5. The van der Waals surface area contributed by atoms with Gasteiger partial charge in [-0.3, -0.25) is 15.0 Å². The van der Waals surface area contributed by atoms with Gasteiger partial charge in [0.05, 0.1) is 6.04 Å². The van der Waals surface area contributed by atoms with Crippen molar-refractivity contribution >= 4 is 27.6 Å². The summed E-state index contributed by atoms with van der Waals surface area (Å²) in [6.45, 7) is 5.57. The van der Waals surface area contributed by atoms with Crippen LogP contribution in [-0.2, 0) is 14.8 Å². The SMILES string of the molecule is Cc1ccc(NC(=O)NC(=O)C(C)N2CCN(S(=O)(=O)c3c(F)cccc3F)CC2)c(C)c1. The Kier molecular flexibility index (Phi) is 7.45. The number of aryl methyl sites for hydroxylation is 2. The molecule has 2 N–H and O–H groups in total. The molecule has 8 nitrogen and oxygen atoms in total. The first-order valence-corrected chi connectivity index (χ1v) is 11.8. The molecular weight excluding hydrogens is 454 g/mol. The summed E-state index contributed by atoms with van der Waals surface area (Å²) < 4.78 is 54.4. The molecule has 1 heterocycles. The van der Waals surface area contributed by atoms with Crippen molar-refractivity contribution in [2.75, 3.05) is 31.5 Å². The number of carbonyl (C=O) groups excluding carboxylic acids is 2. The molecule has 0 aromatic heterocycles. The van der Waals surface area contributed by atoms with E-state index in [0.717, 1.165) is 33.6 Å². The van der Waals surface area contributed by atoms with Crippen molar-refractivity contribution in [1.82, 2.24) is 14.5 Å². The van der Waals surface area contributed by atoms with Crippen molar-refractivity contribution in [2.24, 2.45) is 0 Å². The summed E-state index contributed by atoms with van der Waals surface area (Å²) in [6, 6.07) is 6.98. The number of anilines is 1. The minimum Gasteiger partial charge on any atom is -0.307 e. The van der Waals surface area contributed by atoms with Crippen molar-refractivity contribution in [3.05, 3.63) is 59.2 Å². The maximum atomic E-state index is 14.0. The molecule has 1 aliphatic rings. The Hall–Kier alpha value is -2.89. The van der Waals surface area contributed by atoms with E-state index < -0.39 is 44.5 Å². The van der Waals surface area contributed by atoms with Gasteiger partial charge in [-0.05, 0) is 44.5 Å². The van der Waals surface area contributed by atoms with Gasteiger partial charge in [-0.1, -0.05) is 23.8 Å². The number of nitrogens with one attached hydrogen (secondary N) is 2. The molecule has 1 aliphatic heterocycles. The van der Waals surface area contributed by atoms with Crippen LogP contribution in [0.5, 0.6) is 0 Å². The third-order valence-electron chi connectivity index (χ3n) is 5.58. The van der Waals surface area contributed by atoms with Crippen LogP contribution in [0, 0.1) is 25.5 Å². The van der Waals surface area contributed by atoms with Gasteiger partial charge in [0.25, 0.3) is 0 Å². The number of piperazine rings is 1. The molecule has 2 aromatic rings. The first-order valence-electron chi connectivity index (χ1n) is 10.4. The highest BCUT2D eigenvalue weighted by molar-refractivity contribution is 7.89. The van der Waals surface area contributed by atoms with Gasteiger partial charge in [-0.2, -0.15) is 4.31 Å². The van der Waals surface area contributed by atoms with Gasteiger partial charge in [0.1, 0.15) is 11.6 Å². The molecule has 178 valence electrons. The van der Waals surface area contributed by atoms with E-state index >= 15 is 0 Å².